The number of carbonyl (C=O) groups excluding carboxylic acids is 3. The quantitative estimate of drug-likeness (QED) is 0.841. The molecule has 2 saturated heterocycles. The molecular weight excluding hydrogens is 306 g/mol. The van der Waals surface area contributed by atoms with Crippen molar-refractivity contribution in [3.05, 3.63) is 0 Å². The molecule has 24 heavy (non-hydrogen) atoms. The van der Waals surface area contributed by atoms with Crippen LogP contribution in [0.4, 0.5) is 0 Å². The maximum absolute atomic E-state index is 12.5. The van der Waals surface area contributed by atoms with Gasteiger partial charge >= 0.3 is 0 Å². The molecule has 0 aromatic rings. The Balaban J connectivity index is 1.46. The van der Waals surface area contributed by atoms with Gasteiger partial charge in [-0.2, -0.15) is 0 Å². The molecule has 0 spiro atoms. The van der Waals surface area contributed by atoms with E-state index in [-0.39, 0.29) is 35.2 Å². The van der Waals surface area contributed by atoms with Gasteiger partial charge in [0.25, 0.3) is 0 Å². The topological polar surface area (TPSA) is 69.7 Å². The number of nitrogens with zero attached hydrogens (tertiary/aromatic N) is 2. The Morgan fingerprint density at radius 1 is 1.04 bits per heavy atom. The van der Waals surface area contributed by atoms with Crippen LogP contribution in [-0.2, 0) is 14.4 Å². The predicted molar refractivity (Wildman–Crippen MR) is 90.0 cm³/mol. The van der Waals surface area contributed by atoms with Crippen LogP contribution < -0.4 is 5.32 Å². The zero-order valence-corrected chi connectivity index (χ0v) is 15.0. The van der Waals surface area contributed by atoms with Gasteiger partial charge in [-0.25, -0.2) is 0 Å². The molecule has 3 rings (SSSR count). The van der Waals surface area contributed by atoms with Crippen LogP contribution in [0.15, 0.2) is 0 Å². The third-order valence-corrected chi connectivity index (χ3v) is 5.39. The standard InChI is InChI=1S/C18H29N3O3/c1-18(2,3)21-11-13(10-15(21)22)16(23)19-14-6-8-20(9-7-14)17(24)12-4-5-12/h12-14H,4-11H2,1-3H3,(H,19,23). The van der Waals surface area contributed by atoms with Gasteiger partial charge in [0.2, 0.25) is 17.7 Å². The number of nitrogens with one attached hydrogen (secondary N) is 1. The molecular formula is C18H29N3O3. The minimum absolute atomic E-state index is 0.0120. The minimum Gasteiger partial charge on any atom is -0.353 e. The molecule has 1 atom stereocenters. The summed E-state index contributed by atoms with van der Waals surface area (Å²) in [7, 11) is 0. The fourth-order valence-electron chi connectivity index (χ4n) is 3.68. The number of piperidine rings is 1. The number of likely N-dealkylation sites (tertiary alicyclic amines) is 2. The largest absolute Gasteiger partial charge is 0.353 e. The van der Waals surface area contributed by atoms with E-state index in [2.05, 4.69) is 5.32 Å². The molecule has 3 fully saturated rings. The lowest BCUT2D eigenvalue weighted by molar-refractivity contribution is -0.134. The van der Waals surface area contributed by atoms with E-state index in [0.717, 1.165) is 38.8 Å². The second kappa shape index (κ2) is 6.37. The SMILES string of the molecule is CC(C)(C)N1CC(C(=O)NC2CCN(C(=O)C3CC3)CC2)CC1=O. The second-order valence-corrected chi connectivity index (χ2v) is 8.46. The summed E-state index contributed by atoms with van der Waals surface area (Å²) in [5, 5.41) is 3.10. The van der Waals surface area contributed by atoms with Crippen molar-refractivity contribution in [3.8, 4) is 0 Å². The van der Waals surface area contributed by atoms with E-state index in [1.807, 2.05) is 25.7 Å². The lowest BCUT2D eigenvalue weighted by atomic mass is 10.0. The molecule has 1 unspecified atom stereocenters. The number of rotatable bonds is 3. The van der Waals surface area contributed by atoms with Gasteiger partial charge < -0.3 is 15.1 Å². The highest BCUT2D eigenvalue weighted by Gasteiger charge is 2.40. The molecule has 0 bridgehead atoms. The summed E-state index contributed by atoms with van der Waals surface area (Å²) >= 11 is 0. The van der Waals surface area contributed by atoms with Crippen LogP contribution in [0, 0.1) is 11.8 Å². The van der Waals surface area contributed by atoms with E-state index >= 15 is 0 Å². The zero-order chi connectivity index (χ0) is 17.5. The van der Waals surface area contributed by atoms with Crippen molar-refractivity contribution in [1.82, 2.24) is 15.1 Å². The van der Waals surface area contributed by atoms with Crippen molar-refractivity contribution in [1.29, 1.82) is 0 Å². The molecule has 134 valence electrons. The van der Waals surface area contributed by atoms with E-state index in [1.54, 1.807) is 4.90 Å². The Bertz CT molecular complexity index is 528. The maximum atomic E-state index is 12.5. The molecule has 6 heteroatoms. The fourth-order valence-corrected chi connectivity index (χ4v) is 3.68. The van der Waals surface area contributed by atoms with Gasteiger partial charge in [-0.15, -0.1) is 0 Å². The van der Waals surface area contributed by atoms with Gasteiger partial charge in [-0.05, 0) is 46.5 Å². The number of hydrogen-bond acceptors (Lipinski definition) is 3. The highest BCUT2D eigenvalue weighted by molar-refractivity contribution is 5.89. The summed E-state index contributed by atoms with van der Waals surface area (Å²) in [4.78, 5) is 40.4. The highest BCUT2D eigenvalue weighted by Crippen LogP contribution is 2.32. The van der Waals surface area contributed by atoms with Crippen molar-refractivity contribution < 1.29 is 14.4 Å². The Kier molecular flexibility index (Phi) is 4.58. The third-order valence-electron chi connectivity index (χ3n) is 5.39. The molecule has 2 aliphatic heterocycles. The molecule has 3 amide bonds. The first kappa shape index (κ1) is 17.2. The Morgan fingerprint density at radius 3 is 2.17 bits per heavy atom. The van der Waals surface area contributed by atoms with Crippen LogP contribution in [0.5, 0.6) is 0 Å². The molecule has 1 saturated carbocycles. The van der Waals surface area contributed by atoms with E-state index in [4.69, 9.17) is 0 Å². The van der Waals surface area contributed by atoms with E-state index < -0.39 is 0 Å². The second-order valence-electron chi connectivity index (χ2n) is 8.46. The van der Waals surface area contributed by atoms with Gasteiger partial charge in [0, 0.05) is 43.6 Å². The van der Waals surface area contributed by atoms with Gasteiger partial charge in [0.05, 0.1) is 5.92 Å². The molecule has 1 N–H and O–H groups in total. The Morgan fingerprint density at radius 2 is 1.67 bits per heavy atom. The summed E-state index contributed by atoms with van der Waals surface area (Å²) in [5.41, 5.74) is -0.235. The first-order chi connectivity index (χ1) is 11.3. The first-order valence-corrected chi connectivity index (χ1v) is 9.15. The zero-order valence-electron chi connectivity index (χ0n) is 15.0. The molecule has 0 aromatic heterocycles. The van der Waals surface area contributed by atoms with Crippen LogP contribution in [0.1, 0.15) is 52.9 Å². The van der Waals surface area contributed by atoms with Crippen molar-refractivity contribution in [3.63, 3.8) is 0 Å². The number of carbonyl (C=O) groups is 3. The van der Waals surface area contributed by atoms with Crippen molar-refractivity contribution >= 4 is 17.7 Å². The van der Waals surface area contributed by atoms with Gasteiger partial charge in [0.15, 0.2) is 0 Å². The molecule has 6 nitrogen and oxygen atoms in total. The molecule has 0 aromatic carbocycles. The van der Waals surface area contributed by atoms with E-state index in [1.165, 1.54) is 0 Å². The van der Waals surface area contributed by atoms with Crippen LogP contribution >= 0.6 is 0 Å². The lowest BCUT2D eigenvalue weighted by Gasteiger charge is -2.33. The minimum atomic E-state index is -0.247. The smallest absolute Gasteiger partial charge is 0.225 e. The molecule has 2 heterocycles. The Labute approximate surface area is 143 Å². The summed E-state index contributed by atoms with van der Waals surface area (Å²) < 4.78 is 0. The normalized spacial score (nSPS) is 26.0. The van der Waals surface area contributed by atoms with Gasteiger partial charge in [0.1, 0.15) is 0 Å². The highest BCUT2D eigenvalue weighted by atomic mass is 16.2. The maximum Gasteiger partial charge on any atom is 0.225 e. The third kappa shape index (κ3) is 3.73. The predicted octanol–water partition coefficient (Wildman–Crippen LogP) is 1.15. The van der Waals surface area contributed by atoms with Crippen molar-refractivity contribution in [2.24, 2.45) is 11.8 Å². The number of hydrogen-bond donors (Lipinski definition) is 1. The molecule has 1 aliphatic carbocycles. The summed E-state index contributed by atoms with van der Waals surface area (Å²) in [6.45, 7) is 7.97. The van der Waals surface area contributed by atoms with Gasteiger partial charge in [-0.3, -0.25) is 14.4 Å². The van der Waals surface area contributed by atoms with E-state index in [9.17, 15) is 14.4 Å². The summed E-state index contributed by atoms with van der Waals surface area (Å²) in [5.74, 6) is 0.364. The van der Waals surface area contributed by atoms with Crippen LogP contribution in [-0.4, -0.2) is 58.7 Å². The lowest BCUT2D eigenvalue weighted by Crippen LogP contribution is -2.48. The average Bonchev–Trinajstić information content (AvgIpc) is 3.28. The van der Waals surface area contributed by atoms with E-state index in [0.29, 0.717) is 18.9 Å². The first-order valence-electron chi connectivity index (χ1n) is 9.15. The van der Waals surface area contributed by atoms with Crippen molar-refractivity contribution in [2.45, 2.75) is 64.5 Å². The number of amides is 3. The average molecular weight is 335 g/mol. The summed E-state index contributed by atoms with van der Waals surface area (Å²) in [6, 6.07) is 0.125. The van der Waals surface area contributed by atoms with Crippen molar-refractivity contribution in [2.75, 3.05) is 19.6 Å². The fraction of sp³-hybridized carbons (Fsp3) is 0.833. The van der Waals surface area contributed by atoms with Crippen LogP contribution in [0.25, 0.3) is 0 Å². The van der Waals surface area contributed by atoms with Crippen LogP contribution in [0.2, 0.25) is 0 Å². The molecule has 3 aliphatic rings. The van der Waals surface area contributed by atoms with Gasteiger partial charge in [-0.1, -0.05) is 0 Å². The Hall–Kier alpha value is -1.59. The monoisotopic (exact) mass is 335 g/mol. The molecule has 0 radical (unpaired) electrons. The van der Waals surface area contributed by atoms with Crippen LogP contribution in [0.3, 0.4) is 0 Å². The summed E-state index contributed by atoms with van der Waals surface area (Å²) in [6.07, 6.45) is 4.01.